The van der Waals surface area contributed by atoms with Crippen LogP contribution in [0.4, 0.5) is 9.18 Å². The van der Waals surface area contributed by atoms with Gasteiger partial charge in [-0.25, -0.2) is 17.1 Å². The molecular weight excluding hydrogens is 457 g/mol. The van der Waals surface area contributed by atoms with Crippen molar-refractivity contribution in [3.63, 3.8) is 0 Å². The van der Waals surface area contributed by atoms with Gasteiger partial charge in [0.25, 0.3) is 17.1 Å². The van der Waals surface area contributed by atoms with Crippen molar-refractivity contribution in [1.82, 2.24) is 14.5 Å². The highest BCUT2D eigenvalue weighted by atomic mass is 32.2. The van der Waals surface area contributed by atoms with Gasteiger partial charge >= 0.3 is 0 Å². The van der Waals surface area contributed by atoms with Crippen molar-refractivity contribution in [2.24, 2.45) is 0 Å². The van der Waals surface area contributed by atoms with Crippen molar-refractivity contribution in [3.05, 3.63) is 70.4 Å². The molecule has 168 valence electrons. The molecule has 0 unspecified atom stereocenters. The highest BCUT2D eigenvalue weighted by molar-refractivity contribution is 8.18. The number of imide groups is 1. The summed E-state index contributed by atoms with van der Waals surface area (Å²) in [5, 5.41) is 2.14. The summed E-state index contributed by atoms with van der Waals surface area (Å²) in [6, 6.07) is 11.0. The Bertz CT molecular complexity index is 1180. The molecule has 0 spiro atoms. The minimum atomic E-state index is -3.60. The standard InChI is InChI=1S/C21H20FN3O5S2/c1-24(2)32(29,30)17-9-5-15(6-10-17)19(26)23-11-12-25-20(27)18(31-21(25)28)13-14-3-7-16(22)8-4-14/h3-10,13H,11-12H2,1-2H3,(H,23,26)/b18-13-. The van der Waals surface area contributed by atoms with Gasteiger partial charge in [0.05, 0.1) is 9.80 Å². The van der Waals surface area contributed by atoms with E-state index in [0.717, 1.165) is 21.0 Å². The van der Waals surface area contributed by atoms with E-state index >= 15 is 0 Å². The first-order valence-electron chi connectivity index (χ1n) is 9.41. The van der Waals surface area contributed by atoms with Crippen molar-refractivity contribution in [3.8, 4) is 0 Å². The Hall–Kier alpha value is -3.02. The van der Waals surface area contributed by atoms with Crippen molar-refractivity contribution in [2.75, 3.05) is 27.2 Å². The Balaban J connectivity index is 1.58. The lowest BCUT2D eigenvalue weighted by Crippen LogP contribution is -2.37. The molecule has 1 aliphatic rings. The zero-order chi connectivity index (χ0) is 23.5. The smallest absolute Gasteiger partial charge is 0.293 e. The minimum absolute atomic E-state index is 0.0236. The molecule has 2 aromatic rings. The first kappa shape index (κ1) is 23.6. The summed E-state index contributed by atoms with van der Waals surface area (Å²) < 4.78 is 38.3. The number of thioether (sulfide) groups is 1. The molecule has 0 bridgehead atoms. The van der Waals surface area contributed by atoms with Crippen LogP contribution in [0.5, 0.6) is 0 Å². The summed E-state index contributed by atoms with van der Waals surface area (Å²) in [4.78, 5) is 38.3. The van der Waals surface area contributed by atoms with E-state index in [2.05, 4.69) is 5.32 Å². The van der Waals surface area contributed by atoms with Crippen molar-refractivity contribution in [1.29, 1.82) is 0 Å². The highest BCUT2D eigenvalue weighted by Gasteiger charge is 2.34. The normalized spacial score (nSPS) is 15.6. The molecule has 1 fully saturated rings. The Morgan fingerprint density at radius 3 is 2.31 bits per heavy atom. The van der Waals surface area contributed by atoms with Crippen LogP contribution in [-0.2, 0) is 14.8 Å². The van der Waals surface area contributed by atoms with Gasteiger partial charge in [0, 0.05) is 32.7 Å². The maximum absolute atomic E-state index is 13.0. The molecule has 0 aliphatic carbocycles. The average Bonchev–Trinajstić information content (AvgIpc) is 3.02. The molecule has 0 aromatic heterocycles. The van der Waals surface area contributed by atoms with Crippen LogP contribution < -0.4 is 5.32 Å². The van der Waals surface area contributed by atoms with Crippen LogP contribution in [-0.4, -0.2) is 61.9 Å². The minimum Gasteiger partial charge on any atom is -0.350 e. The third kappa shape index (κ3) is 5.23. The monoisotopic (exact) mass is 477 g/mol. The third-order valence-electron chi connectivity index (χ3n) is 4.56. The van der Waals surface area contributed by atoms with Gasteiger partial charge in [0.15, 0.2) is 0 Å². The zero-order valence-corrected chi connectivity index (χ0v) is 18.9. The molecule has 3 rings (SSSR count). The lowest BCUT2D eigenvalue weighted by molar-refractivity contribution is -0.122. The number of carbonyl (C=O) groups excluding carboxylic acids is 3. The molecule has 0 atom stereocenters. The fourth-order valence-corrected chi connectivity index (χ4v) is 4.54. The molecule has 1 heterocycles. The van der Waals surface area contributed by atoms with Gasteiger partial charge in [0.2, 0.25) is 10.0 Å². The predicted octanol–water partition coefficient (Wildman–Crippen LogP) is 2.54. The summed E-state index contributed by atoms with van der Waals surface area (Å²) in [5.41, 5.74) is 0.831. The molecule has 1 aliphatic heterocycles. The van der Waals surface area contributed by atoms with Gasteiger partial charge in [-0.15, -0.1) is 0 Å². The Morgan fingerprint density at radius 2 is 1.72 bits per heavy atom. The summed E-state index contributed by atoms with van der Waals surface area (Å²) in [6.45, 7) is 0.00268. The summed E-state index contributed by atoms with van der Waals surface area (Å²) >= 11 is 0.773. The number of halogens is 1. The number of sulfonamides is 1. The second-order valence-electron chi connectivity index (χ2n) is 6.95. The van der Waals surface area contributed by atoms with Crippen LogP contribution >= 0.6 is 11.8 Å². The molecule has 1 N–H and O–H groups in total. The average molecular weight is 478 g/mol. The van der Waals surface area contributed by atoms with E-state index in [0.29, 0.717) is 5.56 Å². The predicted molar refractivity (Wildman–Crippen MR) is 119 cm³/mol. The second-order valence-corrected chi connectivity index (χ2v) is 10.1. The van der Waals surface area contributed by atoms with Gasteiger partial charge in [-0.3, -0.25) is 19.3 Å². The molecule has 32 heavy (non-hydrogen) atoms. The number of hydrogen-bond donors (Lipinski definition) is 1. The number of nitrogens with one attached hydrogen (secondary N) is 1. The summed E-state index contributed by atoms with van der Waals surface area (Å²) in [6.07, 6.45) is 1.51. The topological polar surface area (TPSA) is 104 Å². The van der Waals surface area contributed by atoms with E-state index in [1.807, 2.05) is 0 Å². The van der Waals surface area contributed by atoms with Crippen molar-refractivity contribution < 1.29 is 27.2 Å². The first-order valence-corrected chi connectivity index (χ1v) is 11.7. The van der Waals surface area contributed by atoms with Crippen LogP contribution in [0, 0.1) is 5.82 Å². The molecule has 3 amide bonds. The van der Waals surface area contributed by atoms with Gasteiger partial charge in [-0.05, 0) is 59.8 Å². The van der Waals surface area contributed by atoms with E-state index < -0.39 is 32.9 Å². The fraction of sp³-hybridized carbons (Fsp3) is 0.190. The SMILES string of the molecule is CN(C)S(=O)(=O)c1ccc(C(=O)NCCN2C(=O)S/C(=C\c3ccc(F)cc3)C2=O)cc1. The molecule has 11 heteroatoms. The van der Waals surface area contributed by atoms with E-state index in [-0.39, 0.29) is 28.5 Å². The summed E-state index contributed by atoms with van der Waals surface area (Å²) in [5.74, 6) is -1.36. The molecule has 8 nitrogen and oxygen atoms in total. The van der Waals surface area contributed by atoms with Gasteiger partial charge in [-0.2, -0.15) is 0 Å². The van der Waals surface area contributed by atoms with Crippen LogP contribution in [0.15, 0.2) is 58.3 Å². The molecule has 0 radical (unpaired) electrons. The maximum Gasteiger partial charge on any atom is 0.293 e. The Morgan fingerprint density at radius 1 is 1.09 bits per heavy atom. The Labute approximate surface area is 189 Å². The summed E-state index contributed by atoms with van der Waals surface area (Å²) in [7, 11) is -0.772. The van der Waals surface area contributed by atoms with E-state index in [4.69, 9.17) is 0 Å². The van der Waals surface area contributed by atoms with E-state index in [9.17, 15) is 27.2 Å². The first-order chi connectivity index (χ1) is 15.1. The maximum atomic E-state index is 13.0. The molecule has 1 saturated heterocycles. The molecule has 2 aromatic carbocycles. The second kappa shape index (κ2) is 9.63. The number of carbonyl (C=O) groups is 3. The van der Waals surface area contributed by atoms with Crippen molar-refractivity contribution in [2.45, 2.75) is 4.90 Å². The van der Waals surface area contributed by atoms with Crippen molar-refractivity contribution >= 4 is 44.9 Å². The fourth-order valence-electron chi connectivity index (χ4n) is 2.78. The van der Waals surface area contributed by atoms with Crippen LogP contribution in [0.1, 0.15) is 15.9 Å². The van der Waals surface area contributed by atoms with Gasteiger partial charge in [-0.1, -0.05) is 12.1 Å². The lowest BCUT2D eigenvalue weighted by atomic mass is 10.2. The largest absolute Gasteiger partial charge is 0.350 e. The van der Waals surface area contributed by atoms with Gasteiger partial charge < -0.3 is 5.32 Å². The highest BCUT2D eigenvalue weighted by Crippen LogP contribution is 2.31. The molecule has 0 saturated carbocycles. The van der Waals surface area contributed by atoms with Crippen LogP contribution in [0.25, 0.3) is 6.08 Å². The number of benzene rings is 2. The van der Waals surface area contributed by atoms with E-state index in [1.165, 1.54) is 68.7 Å². The van der Waals surface area contributed by atoms with Gasteiger partial charge in [0.1, 0.15) is 5.82 Å². The number of amides is 3. The zero-order valence-electron chi connectivity index (χ0n) is 17.2. The number of hydrogen-bond acceptors (Lipinski definition) is 6. The number of rotatable bonds is 7. The van der Waals surface area contributed by atoms with E-state index in [1.54, 1.807) is 0 Å². The van der Waals surface area contributed by atoms with Crippen LogP contribution in [0.3, 0.4) is 0 Å². The molecular formula is C21H20FN3O5S2. The quantitative estimate of drug-likeness (QED) is 0.615. The Kier molecular flexibility index (Phi) is 7.12. The lowest BCUT2D eigenvalue weighted by Gasteiger charge is -2.13. The number of nitrogens with zero attached hydrogens (tertiary/aromatic N) is 2. The third-order valence-corrected chi connectivity index (χ3v) is 7.29. The van der Waals surface area contributed by atoms with Crippen LogP contribution in [0.2, 0.25) is 0 Å².